The van der Waals surface area contributed by atoms with Gasteiger partial charge < -0.3 is 10.4 Å². The predicted octanol–water partition coefficient (Wildman–Crippen LogP) is 4.39. The number of benzene rings is 3. The van der Waals surface area contributed by atoms with Crippen LogP contribution in [0.3, 0.4) is 0 Å². The Morgan fingerprint density at radius 2 is 1.26 bits per heavy atom. The molecular formula is C21H21NO. The summed E-state index contributed by atoms with van der Waals surface area (Å²) >= 11 is 0. The van der Waals surface area contributed by atoms with E-state index in [0.717, 1.165) is 25.1 Å². The monoisotopic (exact) mass is 303 g/mol. The number of hydrogen-bond acceptors (Lipinski definition) is 2. The van der Waals surface area contributed by atoms with Gasteiger partial charge in [0.05, 0.1) is 0 Å². The van der Waals surface area contributed by atoms with E-state index in [9.17, 15) is 5.11 Å². The minimum absolute atomic E-state index is 0.301. The van der Waals surface area contributed by atoms with Crippen LogP contribution < -0.4 is 5.32 Å². The average molecular weight is 303 g/mol. The van der Waals surface area contributed by atoms with Crippen molar-refractivity contribution in [3.8, 4) is 16.9 Å². The van der Waals surface area contributed by atoms with Gasteiger partial charge in [-0.2, -0.15) is 0 Å². The van der Waals surface area contributed by atoms with Crippen molar-refractivity contribution in [1.29, 1.82) is 0 Å². The van der Waals surface area contributed by atoms with Crippen LogP contribution in [-0.2, 0) is 13.0 Å². The summed E-state index contributed by atoms with van der Waals surface area (Å²) in [6.07, 6.45) is 1.02. The number of nitrogens with one attached hydrogen (secondary N) is 1. The first-order chi connectivity index (χ1) is 11.3. The Bertz CT molecular complexity index is 718. The highest BCUT2D eigenvalue weighted by atomic mass is 16.3. The molecule has 0 amide bonds. The van der Waals surface area contributed by atoms with E-state index in [1.54, 1.807) is 12.1 Å². The van der Waals surface area contributed by atoms with E-state index in [-0.39, 0.29) is 0 Å². The Kier molecular flexibility index (Phi) is 5.07. The molecule has 0 aliphatic rings. The molecular weight excluding hydrogens is 282 g/mol. The summed E-state index contributed by atoms with van der Waals surface area (Å²) in [5.74, 6) is 0.301. The fraction of sp³-hybridized carbons (Fsp3) is 0.143. The minimum atomic E-state index is 0.301. The molecule has 0 saturated heterocycles. The first-order valence-corrected chi connectivity index (χ1v) is 7.94. The van der Waals surface area contributed by atoms with Crippen LogP contribution in [0.4, 0.5) is 0 Å². The normalized spacial score (nSPS) is 10.6. The second-order valence-corrected chi connectivity index (χ2v) is 5.66. The van der Waals surface area contributed by atoms with Gasteiger partial charge in [-0.05, 0) is 47.4 Å². The Labute approximate surface area is 137 Å². The molecule has 0 atom stereocenters. The molecule has 0 radical (unpaired) electrons. The largest absolute Gasteiger partial charge is 0.508 e. The molecule has 0 aliphatic heterocycles. The van der Waals surface area contributed by atoms with E-state index < -0.39 is 0 Å². The summed E-state index contributed by atoms with van der Waals surface area (Å²) in [6, 6.07) is 26.4. The molecule has 0 saturated carbocycles. The molecule has 0 unspecified atom stereocenters. The summed E-state index contributed by atoms with van der Waals surface area (Å²) in [5, 5.41) is 12.8. The standard InChI is InChI=1S/C21H21NO/c23-21-12-10-20(11-13-21)19-8-6-17(7-9-19)14-15-22-16-18-4-2-1-3-5-18/h1-13,22-23H,14-16H2. The second-order valence-electron chi connectivity index (χ2n) is 5.66. The maximum Gasteiger partial charge on any atom is 0.115 e. The van der Waals surface area contributed by atoms with Crippen LogP contribution in [0.1, 0.15) is 11.1 Å². The maximum atomic E-state index is 9.34. The Morgan fingerprint density at radius 3 is 1.91 bits per heavy atom. The third-order valence-electron chi connectivity index (χ3n) is 3.92. The molecule has 0 spiro atoms. The number of hydrogen-bond donors (Lipinski definition) is 2. The van der Waals surface area contributed by atoms with Gasteiger partial charge in [-0.1, -0.05) is 66.7 Å². The van der Waals surface area contributed by atoms with Crippen molar-refractivity contribution >= 4 is 0 Å². The van der Waals surface area contributed by atoms with Crippen LogP contribution in [0.25, 0.3) is 11.1 Å². The molecule has 3 rings (SSSR count). The van der Waals surface area contributed by atoms with Gasteiger partial charge in [0.25, 0.3) is 0 Å². The van der Waals surface area contributed by atoms with Crippen LogP contribution in [0.15, 0.2) is 78.9 Å². The number of phenols is 1. The van der Waals surface area contributed by atoms with E-state index in [4.69, 9.17) is 0 Å². The summed E-state index contributed by atoms with van der Waals surface area (Å²) < 4.78 is 0. The van der Waals surface area contributed by atoms with Crippen molar-refractivity contribution in [2.24, 2.45) is 0 Å². The fourth-order valence-electron chi connectivity index (χ4n) is 2.58. The van der Waals surface area contributed by atoms with E-state index in [1.165, 1.54) is 16.7 Å². The predicted molar refractivity (Wildman–Crippen MR) is 95.4 cm³/mol. The molecule has 2 N–H and O–H groups in total. The molecule has 0 bridgehead atoms. The average Bonchev–Trinajstić information content (AvgIpc) is 2.61. The van der Waals surface area contributed by atoms with Crippen LogP contribution >= 0.6 is 0 Å². The lowest BCUT2D eigenvalue weighted by Crippen LogP contribution is -2.16. The van der Waals surface area contributed by atoms with E-state index in [1.807, 2.05) is 18.2 Å². The highest BCUT2D eigenvalue weighted by molar-refractivity contribution is 5.64. The Balaban J connectivity index is 1.50. The van der Waals surface area contributed by atoms with Crippen LogP contribution in [0.2, 0.25) is 0 Å². The van der Waals surface area contributed by atoms with Crippen molar-refractivity contribution in [3.63, 3.8) is 0 Å². The Hall–Kier alpha value is -2.58. The quantitative estimate of drug-likeness (QED) is 0.662. The van der Waals surface area contributed by atoms with Crippen molar-refractivity contribution in [3.05, 3.63) is 90.0 Å². The van der Waals surface area contributed by atoms with Crippen molar-refractivity contribution in [2.75, 3.05) is 6.54 Å². The maximum absolute atomic E-state index is 9.34. The first kappa shape index (κ1) is 15.3. The molecule has 0 aromatic heterocycles. The smallest absolute Gasteiger partial charge is 0.115 e. The number of phenolic OH excluding ortho intramolecular Hbond substituents is 1. The zero-order valence-electron chi connectivity index (χ0n) is 13.1. The van der Waals surface area contributed by atoms with Crippen molar-refractivity contribution < 1.29 is 5.11 Å². The van der Waals surface area contributed by atoms with Gasteiger partial charge in [0.15, 0.2) is 0 Å². The van der Waals surface area contributed by atoms with Gasteiger partial charge >= 0.3 is 0 Å². The van der Waals surface area contributed by atoms with Crippen LogP contribution in [0, 0.1) is 0 Å². The molecule has 3 aromatic rings. The van der Waals surface area contributed by atoms with Crippen LogP contribution in [-0.4, -0.2) is 11.7 Å². The molecule has 116 valence electrons. The zero-order valence-corrected chi connectivity index (χ0v) is 13.1. The molecule has 23 heavy (non-hydrogen) atoms. The van der Waals surface area contributed by atoms with Crippen molar-refractivity contribution in [1.82, 2.24) is 5.32 Å². The lowest BCUT2D eigenvalue weighted by molar-refractivity contribution is 0.475. The fourth-order valence-corrected chi connectivity index (χ4v) is 2.58. The van der Waals surface area contributed by atoms with Gasteiger partial charge in [-0.25, -0.2) is 0 Å². The van der Waals surface area contributed by atoms with Crippen LogP contribution in [0.5, 0.6) is 5.75 Å². The van der Waals surface area contributed by atoms with E-state index >= 15 is 0 Å². The van der Waals surface area contributed by atoms with Gasteiger partial charge in [0.2, 0.25) is 0 Å². The highest BCUT2D eigenvalue weighted by Gasteiger charge is 1.99. The first-order valence-electron chi connectivity index (χ1n) is 7.94. The second kappa shape index (κ2) is 7.61. The van der Waals surface area contributed by atoms with E-state index in [2.05, 4.69) is 53.8 Å². The van der Waals surface area contributed by atoms with Gasteiger partial charge in [0.1, 0.15) is 5.75 Å². The molecule has 3 aromatic carbocycles. The Morgan fingerprint density at radius 1 is 0.652 bits per heavy atom. The third kappa shape index (κ3) is 4.44. The molecule has 0 aliphatic carbocycles. The summed E-state index contributed by atoms with van der Waals surface area (Å²) in [5.41, 5.74) is 4.94. The minimum Gasteiger partial charge on any atom is -0.508 e. The zero-order chi connectivity index (χ0) is 15.9. The van der Waals surface area contributed by atoms with Crippen molar-refractivity contribution in [2.45, 2.75) is 13.0 Å². The topological polar surface area (TPSA) is 32.3 Å². The van der Waals surface area contributed by atoms with E-state index in [0.29, 0.717) is 5.75 Å². The molecule has 0 fully saturated rings. The number of rotatable bonds is 6. The third-order valence-corrected chi connectivity index (χ3v) is 3.92. The van der Waals surface area contributed by atoms with Gasteiger partial charge in [-0.3, -0.25) is 0 Å². The molecule has 2 nitrogen and oxygen atoms in total. The molecule has 2 heteroatoms. The summed E-state index contributed by atoms with van der Waals surface area (Å²) in [4.78, 5) is 0. The van der Waals surface area contributed by atoms with Gasteiger partial charge in [0, 0.05) is 6.54 Å². The lowest BCUT2D eigenvalue weighted by atomic mass is 10.0. The summed E-state index contributed by atoms with van der Waals surface area (Å²) in [7, 11) is 0. The molecule has 0 heterocycles. The number of aromatic hydroxyl groups is 1. The lowest BCUT2D eigenvalue weighted by Gasteiger charge is -2.07. The van der Waals surface area contributed by atoms with Gasteiger partial charge in [-0.15, -0.1) is 0 Å². The summed E-state index contributed by atoms with van der Waals surface area (Å²) in [6.45, 7) is 1.87. The highest BCUT2D eigenvalue weighted by Crippen LogP contribution is 2.22. The SMILES string of the molecule is Oc1ccc(-c2ccc(CCNCc3ccccc3)cc2)cc1.